The highest BCUT2D eigenvalue weighted by Crippen LogP contribution is 2.43. The van der Waals surface area contributed by atoms with Gasteiger partial charge in [0.1, 0.15) is 5.75 Å². The zero-order chi connectivity index (χ0) is 19.8. The van der Waals surface area contributed by atoms with Crippen molar-refractivity contribution in [2.75, 3.05) is 38.7 Å². The summed E-state index contributed by atoms with van der Waals surface area (Å²) in [5.74, 6) is 0.423. The maximum absolute atomic E-state index is 12.8. The lowest BCUT2D eigenvalue weighted by atomic mass is 10.0. The molecule has 2 N–H and O–H groups in total. The third-order valence-corrected chi connectivity index (χ3v) is 5.87. The van der Waals surface area contributed by atoms with Crippen molar-refractivity contribution in [1.29, 1.82) is 0 Å². The third-order valence-electron chi connectivity index (χ3n) is 5.09. The Balaban J connectivity index is 1.70. The average molecular weight is 446 g/mol. The fourth-order valence-electron chi connectivity index (χ4n) is 3.49. The highest BCUT2D eigenvalue weighted by atomic mass is 79.9. The molecule has 2 aliphatic heterocycles. The first-order valence-corrected chi connectivity index (χ1v) is 9.75. The molecule has 1 aromatic heterocycles. The molecule has 1 saturated heterocycles. The van der Waals surface area contributed by atoms with E-state index in [0.717, 1.165) is 22.5 Å². The summed E-state index contributed by atoms with van der Waals surface area (Å²) in [7, 11) is 1.58. The number of hydrogen-bond donors (Lipinski definition) is 2. The Hall–Kier alpha value is -2.58. The molecule has 0 spiro atoms. The summed E-state index contributed by atoms with van der Waals surface area (Å²) in [6.45, 7) is 4.16. The standard InChI is InChI=1S/C20H20BrN3O4/c1-11-13(20(26)24-5-7-28-8-6-24)10-22-15(11)9-12-17-14(23-19(12)25)3-4-16(27-2)18(17)21/h3-4,9-10,22H,5-8H2,1-2H3,(H,23,25). The predicted octanol–water partition coefficient (Wildman–Crippen LogP) is 3.06. The number of ether oxygens (including phenoxy) is 2. The minimum absolute atomic E-state index is 0.0270. The molecule has 0 aliphatic carbocycles. The van der Waals surface area contributed by atoms with Gasteiger partial charge in [0.2, 0.25) is 0 Å². The SMILES string of the molecule is COc1ccc2c(c1Br)C(=Cc1[nH]cc(C(=O)N3CCOCC3)c1C)C(=O)N2. The van der Waals surface area contributed by atoms with Crippen molar-refractivity contribution in [3.63, 3.8) is 0 Å². The third kappa shape index (κ3) is 3.12. The van der Waals surface area contributed by atoms with Crippen LogP contribution in [0.5, 0.6) is 5.75 Å². The van der Waals surface area contributed by atoms with Gasteiger partial charge < -0.3 is 24.7 Å². The second-order valence-electron chi connectivity index (χ2n) is 6.66. The lowest BCUT2D eigenvalue weighted by molar-refractivity contribution is -0.110. The summed E-state index contributed by atoms with van der Waals surface area (Å²) in [5, 5.41) is 2.86. The Kier molecular flexibility index (Phi) is 4.99. The first-order chi connectivity index (χ1) is 13.5. The van der Waals surface area contributed by atoms with Crippen LogP contribution in [0.25, 0.3) is 11.6 Å². The smallest absolute Gasteiger partial charge is 0.256 e. The molecule has 4 rings (SSSR count). The molecule has 3 heterocycles. The number of rotatable bonds is 3. The number of amides is 2. The molecule has 0 unspecified atom stereocenters. The van der Waals surface area contributed by atoms with Crippen LogP contribution in [0.2, 0.25) is 0 Å². The molecule has 8 heteroatoms. The molecule has 0 radical (unpaired) electrons. The monoisotopic (exact) mass is 445 g/mol. The van der Waals surface area contributed by atoms with Crippen molar-refractivity contribution in [3.05, 3.63) is 45.2 Å². The number of nitrogens with zero attached hydrogens (tertiary/aromatic N) is 1. The number of hydrogen-bond acceptors (Lipinski definition) is 4. The number of benzene rings is 1. The first-order valence-electron chi connectivity index (χ1n) is 8.96. The largest absolute Gasteiger partial charge is 0.496 e. The van der Waals surface area contributed by atoms with Crippen molar-refractivity contribution < 1.29 is 19.1 Å². The summed E-state index contributed by atoms with van der Waals surface area (Å²) >= 11 is 3.53. The number of halogens is 1. The van der Waals surface area contributed by atoms with Crippen LogP contribution in [-0.4, -0.2) is 55.1 Å². The number of carbonyl (C=O) groups excluding carboxylic acids is 2. The second kappa shape index (κ2) is 7.44. The number of carbonyl (C=O) groups is 2. The molecule has 146 valence electrons. The number of aromatic amines is 1. The van der Waals surface area contributed by atoms with E-state index in [9.17, 15) is 9.59 Å². The summed E-state index contributed by atoms with van der Waals surface area (Å²) in [6, 6.07) is 3.61. The maximum atomic E-state index is 12.8. The molecule has 1 aromatic carbocycles. The quantitative estimate of drug-likeness (QED) is 0.711. The van der Waals surface area contributed by atoms with Gasteiger partial charge in [0.25, 0.3) is 11.8 Å². The van der Waals surface area contributed by atoms with E-state index < -0.39 is 0 Å². The molecular weight excluding hydrogens is 426 g/mol. The van der Waals surface area contributed by atoms with Gasteiger partial charge in [-0.15, -0.1) is 0 Å². The van der Waals surface area contributed by atoms with Gasteiger partial charge in [0.15, 0.2) is 0 Å². The molecule has 2 aliphatic rings. The minimum Gasteiger partial charge on any atom is -0.496 e. The minimum atomic E-state index is -0.195. The lowest BCUT2D eigenvalue weighted by Gasteiger charge is -2.26. The molecule has 28 heavy (non-hydrogen) atoms. The van der Waals surface area contributed by atoms with Crippen LogP contribution < -0.4 is 10.1 Å². The molecular formula is C20H20BrN3O4. The van der Waals surface area contributed by atoms with Gasteiger partial charge in [-0.1, -0.05) is 0 Å². The van der Waals surface area contributed by atoms with E-state index in [4.69, 9.17) is 9.47 Å². The number of anilines is 1. The zero-order valence-electron chi connectivity index (χ0n) is 15.6. The summed E-state index contributed by atoms with van der Waals surface area (Å²) in [6.07, 6.45) is 3.48. The van der Waals surface area contributed by atoms with Gasteiger partial charge >= 0.3 is 0 Å². The fraction of sp³-hybridized carbons (Fsp3) is 0.300. The molecule has 2 aromatic rings. The van der Waals surface area contributed by atoms with Crippen LogP contribution in [0.15, 0.2) is 22.8 Å². The Labute approximate surface area is 170 Å². The normalized spacial score (nSPS) is 17.6. The molecule has 7 nitrogen and oxygen atoms in total. The van der Waals surface area contributed by atoms with Crippen LogP contribution in [0.4, 0.5) is 5.69 Å². The maximum Gasteiger partial charge on any atom is 0.256 e. The van der Waals surface area contributed by atoms with Gasteiger partial charge in [-0.25, -0.2) is 0 Å². The summed E-state index contributed by atoms with van der Waals surface area (Å²) < 4.78 is 11.4. The molecule has 0 saturated carbocycles. The van der Waals surface area contributed by atoms with Crippen molar-refractivity contribution in [1.82, 2.24) is 9.88 Å². The van der Waals surface area contributed by atoms with E-state index in [0.29, 0.717) is 47.7 Å². The molecule has 0 atom stereocenters. The van der Waals surface area contributed by atoms with Gasteiger partial charge in [-0.2, -0.15) is 0 Å². The Morgan fingerprint density at radius 3 is 2.79 bits per heavy atom. The highest BCUT2D eigenvalue weighted by Gasteiger charge is 2.29. The van der Waals surface area contributed by atoms with E-state index in [-0.39, 0.29) is 11.8 Å². The number of fused-ring (bicyclic) bond motifs is 1. The van der Waals surface area contributed by atoms with E-state index in [1.807, 2.05) is 13.0 Å². The highest BCUT2D eigenvalue weighted by molar-refractivity contribution is 9.10. The van der Waals surface area contributed by atoms with Gasteiger partial charge in [0, 0.05) is 30.5 Å². The number of methoxy groups -OCH3 is 1. The Morgan fingerprint density at radius 2 is 2.07 bits per heavy atom. The average Bonchev–Trinajstić information content (AvgIpc) is 3.23. The van der Waals surface area contributed by atoms with E-state index >= 15 is 0 Å². The Bertz CT molecular complexity index is 990. The number of H-pyrrole nitrogens is 1. The van der Waals surface area contributed by atoms with Gasteiger partial charge in [-0.05, 0) is 46.6 Å². The first kappa shape index (κ1) is 18.8. The van der Waals surface area contributed by atoms with E-state index in [1.165, 1.54) is 0 Å². The molecule has 2 amide bonds. The number of nitrogens with one attached hydrogen (secondary N) is 2. The van der Waals surface area contributed by atoms with E-state index in [1.54, 1.807) is 30.3 Å². The predicted molar refractivity (Wildman–Crippen MR) is 109 cm³/mol. The van der Waals surface area contributed by atoms with Crippen LogP contribution >= 0.6 is 15.9 Å². The van der Waals surface area contributed by atoms with Gasteiger partial charge in [-0.3, -0.25) is 9.59 Å². The summed E-state index contributed by atoms with van der Waals surface area (Å²) in [4.78, 5) is 30.3. The van der Waals surface area contributed by atoms with Crippen LogP contribution in [0.1, 0.15) is 27.2 Å². The number of morpholine rings is 1. The van der Waals surface area contributed by atoms with Crippen molar-refractivity contribution >= 4 is 45.1 Å². The second-order valence-corrected chi connectivity index (χ2v) is 7.46. The molecule has 0 bridgehead atoms. The molecule has 1 fully saturated rings. The lowest BCUT2D eigenvalue weighted by Crippen LogP contribution is -2.40. The zero-order valence-corrected chi connectivity index (χ0v) is 17.2. The van der Waals surface area contributed by atoms with Crippen LogP contribution in [0.3, 0.4) is 0 Å². The van der Waals surface area contributed by atoms with E-state index in [2.05, 4.69) is 26.2 Å². The Morgan fingerprint density at radius 1 is 1.32 bits per heavy atom. The van der Waals surface area contributed by atoms with Crippen molar-refractivity contribution in [2.24, 2.45) is 0 Å². The fourth-order valence-corrected chi connectivity index (χ4v) is 4.21. The number of aromatic nitrogens is 1. The van der Waals surface area contributed by atoms with Gasteiger partial charge in [0.05, 0.1) is 41.6 Å². The van der Waals surface area contributed by atoms with Crippen LogP contribution in [0, 0.1) is 6.92 Å². The van der Waals surface area contributed by atoms with Crippen LogP contribution in [-0.2, 0) is 9.53 Å². The van der Waals surface area contributed by atoms with Crippen molar-refractivity contribution in [3.8, 4) is 5.75 Å². The topological polar surface area (TPSA) is 83.7 Å². The summed E-state index contributed by atoms with van der Waals surface area (Å²) in [5.41, 5.74) is 4.12. The van der Waals surface area contributed by atoms with Crippen molar-refractivity contribution in [2.45, 2.75) is 6.92 Å².